The van der Waals surface area contributed by atoms with E-state index < -0.39 is 0 Å². The van der Waals surface area contributed by atoms with Crippen molar-refractivity contribution in [1.82, 2.24) is 15.5 Å². The normalized spacial score (nSPS) is 17.4. The molecule has 1 heterocycles. The summed E-state index contributed by atoms with van der Waals surface area (Å²) in [5.41, 5.74) is 0. The highest BCUT2D eigenvalue weighted by atomic mass is 16.5. The first-order valence-corrected chi connectivity index (χ1v) is 6.50. The zero-order valence-electron chi connectivity index (χ0n) is 11.0. The molecule has 0 unspecified atom stereocenters. The fraction of sp³-hybridized carbons (Fsp3) is 0.917. The molecule has 5 heteroatoms. The summed E-state index contributed by atoms with van der Waals surface area (Å²) < 4.78 is 5.33. The summed E-state index contributed by atoms with van der Waals surface area (Å²) in [5, 5.41) is 6.23. The second-order valence-electron chi connectivity index (χ2n) is 4.61. The molecule has 5 nitrogen and oxygen atoms in total. The highest BCUT2D eigenvalue weighted by molar-refractivity contribution is 5.75. The third-order valence-corrected chi connectivity index (χ3v) is 2.74. The molecule has 0 aromatic heterocycles. The number of ether oxygens (including phenoxy) is 1. The van der Waals surface area contributed by atoms with E-state index in [0.717, 1.165) is 39.3 Å². The topological polar surface area (TPSA) is 53.6 Å². The van der Waals surface area contributed by atoms with Gasteiger partial charge in [0.25, 0.3) is 0 Å². The van der Waals surface area contributed by atoms with Gasteiger partial charge in [-0.25, -0.2) is 0 Å². The van der Waals surface area contributed by atoms with Crippen molar-refractivity contribution in [2.75, 3.05) is 45.9 Å². The van der Waals surface area contributed by atoms with Gasteiger partial charge in [0.1, 0.15) is 0 Å². The van der Waals surface area contributed by atoms with E-state index in [-0.39, 0.29) is 12.0 Å². The number of carbonyl (C=O) groups excluding carboxylic acids is 1. The molecular weight excluding hydrogens is 218 g/mol. The van der Waals surface area contributed by atoms with Crippen LogP contribution in [0, 0.1) is 0 Å². The largest absolute Gasteiger partial charge is 0.378 e. The van der Waals surface area contributed by atoms with Crippen molar-refractivity contribution in [2.45, 2.75) is 26.4 Å². The molecule has 2 N–H and O–H groups in total. The zero-order chi connectivity index (χ0) is 12.5. The summed E-state index contributed by atoms with van der Waals surface area (Å²) in [7, 11) is 0. The number of nitrogens with zero attached hydrogens (tertiary/aromatic N) is 1. The quantitative estimate of drug-likeness (QED) is 0.651. The standard InChI is InChI=1S/C12H25N3O2/c1-11(2)17-10-3-12(16)14-6-9-15-7-4-13-5-8-15/h11,13H,3-10H2,1-2H3,(H,14,16). The number of piperazine rings is 1. The van der Waals surface area contributed by atoms with Gasteiger partial charge in [0.2, 0.25) is 5.91 Å². The average Bonchev–Trinajstić information content (AvgIpc) is 2.30. The van der Waals surface area contributed by atoms with Gasteiger partial charge in [-0.3, -0.25) is 9.69 Å². The third-order valence-electron chi connectivity index (χ3n) is 2.74. The number of nitrogens with one attached hydrogen (secondary N) is 2. The molecule has 17 heavy (non-hydrogen) atoms. The van der Waals surface area contributed by atoms with Crippen LogP contribution >= 0.6 is 0 Å². The molecule has 0 saturated carbocycles. The minimum atomic E-state index is 0.0841. The maximum Gasteiger partial charge on any atom is 0.222 e. The van der Waals surface area contributed by atoms with Crippen LogP contribution in [0.15, 0.2) is 0 Å². The molecule has 0 spiro atoms. The van der Waals surface area contributed by atoms with Crippen LogP contribution in [0.5, 0.6) is 0 Å². The predicted octanol–water partition coefficient (Wildman–Crippen LogP) is -0.177. The van der Waals surface area contributed by atoms with E-state index in [0.29, 0.717) is 13.0 Å². The molecule has 1 saturated heterocycles. The highest BCUT2D eigenvalue weighted by Gasteiger charge is 2.09. The van der Waals surface area contributed by atoms with Crippen LogP contribution in [-0.2, 0) is 9.53 Å². The molecule has 1 fully saturated rings. The summed E-state index contributed by atoms with van der Waals surface area (Å²) in [5.74, 6) is 0.0841. The second kappa shape index (κ2) is 8.44. The molecule has 0 aliphatic carbocycles. The predicted molar refractivity (Wildman–Crippen MR) is 68.0 cm³/mol. The summed E-state index contributed by atoms with van der Waals surface area (Å²) in [4.78, 5) is 13.8. The number of hydrogen-bond donors (Lipinski definition) is 2. The van der Waals surface area contributed by atoms with Gasteiger partial charge in [-0.2, -0.15) is 0 Å². The van der Waals surface area contributed by atoms with Crippen LogP contribution < -0.4 is 10.6 Å². The van der Waals surface area contributed by atoms with Gasteiger partial charge in [0.05, 0.1) is 12.7 Å². The molecule has 100 valence electrons. The monoisotopic (exact) mass is 243 g/mol. The average molecular weight is 243 g/mol. The van der Waals surface area contributed by atoms with Crippen LogP contribution in [0.2, 0.25) is 0 Å². The molecular formula is C12H25N3O2. The van der Waals surface area contributed by atoms with Crippen molar-refractivity contribution in [3.63, 3.8) is 0 Å². The maximum atomic E-state index is 11.4. The van der Waals surface area contributed by atoms with Crippen molar-refractivity contribution in [1.29, 1.82) is 0 Å². The van der Waals surface area contributed by atoms with E-state index >= 15 is 0 Å². The van der Waals surface area contributed by atoms with Crippen molar-refractivity contribution in [2.24, 2.45) is 0 Å². The van der Waals surface area contributed by atoms with Crippen LogP contribution in [0.4, 0.5) is 0 Å². The van der Waals surface area contributed by atoms with Gasteiger partial charge in [0.15, 0.2) is 0 Å². The number of hydrogen-bond acceptors (Lipinski definition) is 4. The third kappa shape index (κ3) is 7.31. The van der Waals surface area contributed by atoms with E-state index in [9.17, 15) is 4.79 Å². The summed E-state index contributed by atoms with van der Waals surface area (Å²) in [6.07, 6.45) is 0.656. The summed E-state index contributed by atoms with van der Waals surface area (Å²) in [6, 6.07) is 0. The Labute approximate surface area is 104 Å². The number of rotatable bonds is 7. The van der Waals surface area contributed by atoms with E-state index in [4.69, 9.17) is 4.74 Å². The van der Waals surface area contributed by atoms with Crippen molar-refractivity contribution in [3.05, 3.63) is 0 Å². The molecule has 1 amide bonds. The van der Waals surface area contributed by atoms with Crippen molar-refractivity contribution >= 4 is 5.91 Å². The first-order chi connectivity index (χ1) is 8.18. The Hall–Kier alpha value is -0.650. The second-order valence-corrected chi connectivity index (χ2v) is 4.61. The number of carbonyl (C=O) groups is 1. The molecule has 0 atom stereocenters. The SMILES string of the molecule is CC(C)OCCC(=O)NCCN1CCNCC1. The van der Waals surface area contributed by atoms with Gasteiger partial charge in [-0.15, -0.1) is 0 Å². The van der Waals surface area contributed by atoms with E-state index in [1.165, 1.54) is 0 Å². The van der Waals surface area contributed by atoms with Crippen molar-refractivity contribution in [3.8, 4) is 0 Å². The van der Waals surface area contributed by atoms with E-state index in [2.05, 4.69) is 15.5 Å². The number of amides is 1. The lowest BCUT2D eigenvalue weighted by atomic mass is 10.3. The first kappa shape index (κ1) is 14.4. The molecule has 0 aromatic rings. The van der Waals surface area contributed by atoms with Crippen molar-refractivity contribution < 1.29 is 9.53 Å². The van der Waals surface area contributed by atoms with Crippen LogP contribution in [0.25, 0.3) is 0 Å². The minimum Gasteiger partial charge on any atom is -0.378 e. The Balaban J connectivity index is 1.95. The van der Waals surface area contributed by atoms with E-state index in [1.807, 2.05) is 13.8 Å². The Morgan fingerprint density at radius 3 is 2.76 bits per heavy atom. The highest BCUT2D eigenvalue weighted by Crippen LogP contribution is 1.92. The lowest BCUT2D eigenvalue weighted by Gasteiger charge is -2.27. The Morgan fingerprint density at radius 1 is 1.41 bits per heavy atom. The lowest BCUT2D eigenvalue weighted by Crippen LogP contribution is -2.46. The van der Waals surface area contributed by atoms with Crippen LogP contribution in [0.3, 0.4) is 0 Å². The van der Waals surface area contributed by atoms with Gasteiger partial charge >= 0.3 is 0 Å². The van der Waals surface area contributed by atoms with Gasteiger partial charge in [-0.1, -0.05) is 0 Å². The molecule has 1 rings (SSSR count). The van der Waals surface area contributed by atoms with Gasteiger partial charge in [-0.05, 0) is 13.8 Å². The summed E-state index contributed by atoms with van der Waals surface area (Å²) >= 11 is 0. The Morgan fingerprint density at radius 2 is 2.12 bits per heavy atom. The smallest absolute Gasteiger partial charge is 0.222 e. The van der Waals surface area contributed by atoms with E-state index in [1.54, 1.807) is 0 Å². The lowest BCUT2D eigenvalue weighted by molar-refractivity contribution is -0.122. The Kier molecular flexibility index (Phi) is 7.16. The van der Waals surface area contributed by atoms with Gasteiger partial charge in [0, 0.05) is 45.7 Å². The summed E-state index contributed by atoms with van der Waals surface area (Å²) in [6.45, 7) is 10.4. The Bertz CT molecular complexity index is 216. The molecule has 0 aromatic carbocycles. The van der Waals surface area contributed by atoms with Gasteiger partial charge < -0.3 is 15.4 Å². The van der Waals surface area contributed by atoms with Crippen LogP contribution in [-0.4, -0.2) is 62.8 Å². The first-order valence-electron chi connectivity index (χ1n) is 6.50. The minimum absolute atomic E-state index is 0.0841. The fourth-order valence-electron chi connectivity index (χ4n) is 1.76. The molecule has 1 aliphatic heterocycles. The van der Waals surface area contributed by atoms with Crippen LogP contribution in [0.1, 0.15) is 20.3 Å². The zero-order valence-corrected chi connectivity index (χ0v) is 11.0. The molecule has 0 bridgehead atoms. The molecule has 0 radical (unpaired) electrons. The molecule has 1 aliphatic rings. The maximum absolute atomic E-state index is 11.4. The fourth-order valence-corrected chi connectivity index (χ4v) is 1.76.